The van der Waals surface area contributed by atoms with Gasteiger partial charge in [-0.25, -0.2) is 14.6 Å². The summed E-state index contributed by atoms with van der Waals surface area (Å²) in [5.41, 5.74) is 6.19. The molecule has 0 aliphatic carbocycles. The van der Waals surface area contributed by atoms with E-state index in [1.165, 1.54) is 11.3 Å². The third kappa shape index (κ3) is 3.89. The fourth-order valence-electron chi connectivity index (χ4n) is 1.66. The quantitative estimate of drug-likeness (QED) is 0.829. The van der Waals surface area contributed by atoms with Crippen LogP contribution in [0.25, 0.3) is 10.6 Å². The Morgan fingerprint density at radius 1 is 1.27 bits per heavy atom. The van der Waals surface area contributed by atoms with Crippen molar-refractivity contribution in [1.82, 2.24) is 10.3 Å². The van der Waals surface area contributed by atoms with Crippen molar-refractivity contribution in [3.63, 3.8) is 0 Å². The van der Waals surface area contributed by atoms with Crippen LogP contribution in [0.2, 0.25) is 0 Å². The summed E-state index contributed by atoms with van der Waals surface area (Å²) in [6.45, 7) is 1.10. The lowest BCUT2D eigenvalue weighted by Gasteiger charge is -2.02. The highest BCUT2D eigenvalue weighted by Crippen LogP contribution is 2.28. The van der Waals surface area contributed by atoms with Crippen LogP contribution in [0.3, 0.4) is 0 Å². The molecule has 1 aromatic heterocycles. The van der Waals surface area contributed by atoms with Gasteiger partial charge in [-0.1, -0.05) is 30.3 Å². The fourth-order valence-corrected chi connectivity index (χ4v) is 2.63. The lowest BCUT2D eigenvalue weighted by Crippen LogP contribution is -2.37. The number of thiazole rings is 1. The number of hydrogen-bond donors (Lipinski definition) is 2. The zero-order valence-electron chi connectivity index (χ0n) is 11.7. The van der Waals surface area contributed by atoms with Crippen LogP contribution < -0.4 is 11.1 Å². The topological polar surface area (TPSA) is 111 Å². The number of nitrogens with two attached hydrogens (primary N) is 1. The highest BCUT2D eigenvalue weighted by Gasteiger charge is 2.18. The number of urea groups is 1. The Morgan fingerprint density at radius 2 is 1.95 bits per heavy atom. The highest BCUT2D eigenvalue weighted by atomic mass is 32.1. The van der Waals surface area contributed by atoms with E-state index < -0.39 is 24.5 Å². The molecule has 3 N–H and O–H groups in total. The molecule has 0 saturated heterocycles. The van der Waals surface area contributed by atoms with Crippen LogP contribution in [-0.4, -0.2) is 29.5 Å². The normalized spacial score (nSPS) is 10.0. The van der Waals surface area contributed by atoms with Crippen LogP contribution in [0.4, 0.5) is 4.79 Å². The average molecular weight is 319 g/mol. The van der Waals surface area contributed by atoms with Crippen molar-refractivity contribution in [2.24, 2.45) is 5.73 Å². The molecule has 0 atom stereocenters. The molecule has 22 heavy (non-hydrogen) atoms. The van der Waals surface area contributed by atoms with Gasteiger partial charge < -0.3 is 10.5 Å². The van der Waals surface area contributed by atoms with Gasteiger partial charge in [0.25, 0.3) is 5.91 Å². The molecule has 0 aliphatic heterocycles. The van der Waals surface area contributed by atoms with Gasteiger partial charge >= 0.3 is 12.0 Å². The maximum Gasteiger partial charge on any atom is 0.350 e. The predicted octanol–water partition coefficient (Wildman–Crippen LogP) is 1.47. The van der Waals surface area contributed by atoms with Crippen molar-refractivity contribution in [2.75, 3.05) is 6.61 Å². The molecular formula is C14H13N3O4S. The minimum atomic E-state index is -0.999. The van der Waals surface area contributed by atoms with Crippen molar-refractivity contribution in [3.05, 3.63) is 40.9 Å². The summed E-state index contributed by atoms with van der Waals surface area (Å²) < 4.78 is 4.83. The standard InChI is InChI=1S/C14H13N3O4S/c1-8-11(13(19)21-7-10(18)17-14(15)20)22-12(16-8)9-5-3-2-4-6-9/h2-6H,7H2,1H3,(H3,15,17,18,20). The molecule has 2 aromatic rings. The first-order valence-electron chi connectivity index (χ1n) is 6.26. The Bertz CT molecular complexity index is 712. The van der Waals surface area contributed by atoms with Crippen LogP contribution in [0.15, 0.2) is 30.3 Å². The van der Waals surface area contributed by atoms with E-state index >= 15 is 0 Å². The second-order valence-electron chi connectivity index (χ2n) is 4.29. The second-order valence-corrected chi connectivity index (χ2v) is 5.29. The van der Waals surface area contributed by atoms with Crippen LogP contribution >= 0.6 is 11.3 Å². The number of aromatic nitrogens is 1. The summed E-state index contributed by atoms with van der Waals surface area (Å²) in [7, 11) is 0. The Morgan fingerprint density at radius 3 is 2.59 bits per heavy atom. The number of carbonyl (C=O) groups is 3. The Hall–Kier alpha value is -2.74. The number of nitrogens with zero attached hydrogens (tertiary/aromatic N) is 1. The molecular weight excluding hydrogens is 306 g/mol. The Kier molecular flexibility index (Phi) is 4.84. The lowest BCUT2D eigenvalue weighted by molar-refractivity contribution is -0.123. The number of rotatable bonds is 4. The number of hydrogen-bond acceptors (Lipinski definition) is 6. The van der Waals surface area contributed by atoms with Crippen LogP contribution in [-0.2, 0) is 9.53 Å². The maximum atomic E-state index is 12.0. The van der Waals surface area contributed by atoms with Gasteiger partial charge in [0.15, 0.2) is 6.61 Å². The van der Waals surface area contributed by atoms with Crippen molar-refractivity contribution in [3.8, 4) is 10.6 Å². The number of nitrogens with one attached hydrogen (secondary N) is 1. The SMILES string of the molecule is Cc1nc(-c2ccccc2)sc1C(=O)OCC(=O)NC(N)=O. The Labute approximate surface area is 130 Å². The molecule has 2 rings (SSSR count). The van der Waals surface area contributed by atoms with E-state index in [9.17, 15) is 14.4 Å². The van der Waals surface area contributed by atoms with E-state index in [0.717, 1.165) is 5.56 Å². The van der Waals surface area contributed by atoms with Gasteiger partial charge in [-0.05, 0) is 6.92 Å². The highest BCUT2D eigenvalue weighted by molar-refractivity contribution is 7.17. The maximum absolute atomic E-state index is 12.0. The van der Waals surface area contributed by atoms with Crippen LogP contribution in [0.1, 0.15) is 15.4 Å². The summed E-state index contributed by atoms with van der Waals surface area (Å²) >= 11 is 1.18. The van der Waals surface area contributed by atoms with E-state index in [-0.39, 0.29) is 0 Å². The van der Waals surface area contributed by atoms with Gasteiger partial charge in [0.1, 0.15) is 9.88 Å². The lowest BCUT2D eigenvalue weighted by atomic mass is 10.2. The zero-order valence-corrected chi connectivity index (χ0v) is 12.5. The van der Waals surface area contributed by atoms with Crippen LogP contribution in [0, 0.1) is 6.92 Å². The smallest absolute Gasteiger partial charge is 0.350 e. The number of primary amides is 1. The molecule has 7 nitrogen and oxygen atoms in total. The van der Waals surface area contributed by atoms with Gasteiger partial charge in [0, 0.05) is 5.56 Å². The summed E-state index contributed by atoms with van der Waals surface area (Å²) in [6, 6.07) is 8.40. The number of amides is 3. The third-order valence-corrected chi connectivity index (χ3v) is 3.79. The second kappa shape index (κ2) is 6.81. The number of aryl methyl sites for hydroxylation is 1. The van der Waals surface area contributed by atoms with Crippen LogP contribution in [0.5, 0.6) is 0 Å². The molecule has 0 fully saturated rings. The number of carbonyl (C=O) groups excluding carboxylic acids is 3. The minimum Gasteiger partial charge on any atom is -0.451 e. The van der Waals surface area contributed by atoms with E-state index in [0.29, 0.717) is 15.6 Å². The number of imide groups is 1. The minimum absolute atomic E-state index is 0.311. The van der Waals surface area contributed by atoms with E-state index in [4.69, 9.17) is 10.5 Å². The van der Waals surface area contributed by atoms with Gasteiger partial charge in [-0.2, -0.15) is 0 Å². The van der Waals surface area contributed by atoms with Gasteiger partial charge in [0.2, 0.25) is 0 Å². The molecule has 0 unspecified atom stereocenters. The fraction of sp³-hybridized carbons (Fsp3) is 0.143. The van der Waals surface area contributed by atoms with Gasteiger partial charge in [-0.15, -0.1) is 11.3 Å². The summed E-state index contributed by atoms with van der Waals surface area (Å²) in [4.78, 5) is 38.3. The first-order chi connectivity index (χ1) is 10.5. The number of benzene rings is 1. The van der Waals surface area contributed by atoms with Crippen molar-refractivity contribution >= 4 is 29.2 Å². The van der Waals surface area contributed by atoms with E-state index in [1.54, 1.807) is 12.2 Å². The van der Waals surface area contributed by atoms with Gasteiger partial charge in [0.05, 0.1) is 5.69 Å². The molecule has 0 saturated carbocycles. The molecule has 8 heteroatoms. The van der Waals surface area contributed by atoms with Crippen molar-refractivity contribution < 1.29 is 19.1 Å². The van der Waals surface area contributed by atoms with E-state index in [2.05, 4.69) is 4.98 Å². The molecule has 1 heterocycles. The summed E-state index contributed by atoms with van der Waals surface area (Å²) in [5.74, 6) is -1.46. The molecule has 3 amide bonds. The van der Waals surface area contributed by atoms with Gasteiger partial charge in [-0.3, -0.25) is 10.1 Å². The predicted molar refractivity (Wildman–Crippen MR) is 80.3 cm³/mol. The molecule has 0 bridgehead atoms. The molecule has 1 aromatic carbocycles. The average Bonchev–Trinajstić information content (AvgIpc) is 2.87. The first kappa shape index (κ1) is 15.6. The zero-order chi connectivity index (χ0) is 16.1. The number of ether oxygens (including phenoxy) is 1. The molecule has 0 radical (unpaired) electrons. The summed E-state index contributed by atoms with van der Waals surface area (Å²) in [5, 5.41) is 2.49. The summed E-state index contributed by atoms with van der Waals surface area (Å²) in [6.07, 6.45) is 0. The molecule has 0 aliphatic rings. The Balaban J connectivity index is 2.06. The van der Waals surface area contributed by atoms with E-state index in [1.807, 2.05) is 30.3 Å². The monoisotopic (exact) mass is 319 g/mol. The first-order valence-corrected chi connectivity index (χ1v) is 7.08. The molecule has 0 spiro atoms. The van der Waals surface area contributed by atoms with Crippen molar-refractivity contribution in [1.29, 1.82) is 0 Å². The largest absolute Gasteiger partial charge is 0.451 e. The third-order valence-electron chi connectivity index (χ3n) is 2.60. The van der Waals surface area contributed by atoms with Crippen molar-refractivity contribution in [2.45, 2.75) is 6.92 Å². The number of esters is 1. The molecule has 114 valence electrons.